The molecule has 4 nitrogen and oxygen atoms in total. The van der Waals surface area contributed by atoms with Crippen molar-refractivity contribution in [1.82, 2.24) is 0 Å². The summed E-state index contributed by atoms with van der Waals surface area (Å²) < 4.78 is 5.24. The van der Waals surface area contributed by atoms with Gasteiger partial charge >= 0.3 is 12.1 Å². The smallest absolute Gasteiger partial charge is 0.429 e. The SMILES string of the molecule is N#[N+]/C=C(\O)OC1CCc2ccccc21. The van der Waals surface area contributed by atoms with Gasteiger partial charge in [-0.2, -0.15) is 0 Å². The zero-order valence-electron chi connectivity index (χ0n) is 8.13. The minimum absolute atomic E-state index is 0.140. The largest absolute Gasteiger partial charge is 0.476 e. The van der Waals surface area contributed by atoms with Crippen molar-refractivity contribution in [3.8, 4) is 0 Å². The molecule has 0 saturated heterocycles. The molecule has 1 aliphatic rings. The Balaban J connectivity index is 2.15. The van der Waals surface area contributed by atoms with Crippen LogP contribution in [0.25, 0.3) is 4.98 Å². The van der Waals surface area contributed by atoms with E-state index in [9.17, 15) is 5.11 Å². The number of aliphatic hydroxyl groups is 1. The molecule has 4 heteroatoms. The number of aryl methyl sites for hydroxylation is 1. The van der Waals surface area contributed by atoms with Crippen molar-refractivity contribution in [3.63, 3.8) is 0 Å². The highest BCUT2D eigenvalue weighted by atomic mass is 16.6. The summed E-state index contributed by atoms with van der Waals surface area (Å²) in [6.45, 7) is 0. The molecule has 1 aliphatic carbocycles. The molecule has 15 heavy (non-hydrogen) atoms. The van der Waals surface area contributed by atoms with E-state index in [-0.39, 0.29) is 12.0 Å². The lowest BCUT2D eigenvalue weighted by Gasteiger charge is -2.11. The second kappa shape index (κ2) is 4.01. The van der Waals surface area contributed by atoms with Crippen molar-refractivity contribution >= 4 is 0 Å². The average Bonchev–Trinajstić information content (AvgIpc) is 2.62. The third-order valence-corrected chi connectivity index (χ3v) is 2.51. The van der Waals surface area contributed by atoms with Gasteiger partial charge in [0.25, 0.3) is 0 Å². The summed E-state index contributed by atoms with van der Waals surface area (Å²) in [5.41, 5.74) is 2.34. The molecular formula is C11H11N2O2+. The number of hydrogen-bond donors (Lipinski definition) is 1. The van der Waals surface area contributed by atoms with Crippen molar-refractivity contribution < 1.29 is 9.84 Å². The molecule has 2 rings (SSSR count). The van der Waals surface area contributed by atoms with Crippen LogP contribution in [0.15, 0.2) is 36.4 Å². The van der Waals surface area contributed by atoms with E-state index in [4.69, 9.17) is 10.1 Å². The van der Waals surface area contributed by atoms with Crippen molar-refractivity contribution in [3.05, 3.63) is 52.5 Å². The second-order valence-corrected chi connectivity index (χ2v) is 3.43. The fourth-order valence-corrected chi connectivity index (χ4v) is 1.87. The molecule has 0 aliphatic heterocycles. The lowest BCUT2D eigenvalue weighted by Crippen LogP contribution is -1.99. The van der Waals surface area contributed by atoms with Crippen molar-refractivity contribution in [2.24, 2.45) is 0 Å². The van der Waals surface area contributed by atoms with Crippen molar-refractivity contribution in [1.29, 1.82) is 5.39 Å². The van der Waals surface area contributed by atoms with Crippen LogP contribution in [0.4, 0.5) is 0 Å². The molecule has 1 aromatic carbocycles. The summed E-state index contributed by atoms with van der Waals surface area (Å²) in [7, 11) is 0. The van der Waals surface area contributed by atoms with Crippen molar-refractivity contribution in [2.75, 3.05) is 0 Å². The Morgan fingerprint density at radius 3 is 3.13 bits per heavy atom. The zero-order chi connectivity index (χ0) is 10.7. The minimum atomic E-state index is -0.362. The third kappa shape index (κ3) is 1.91. The minimum Gasteiger partial charge on any atom is -0.476 e. The molecule has 0 amide bonds. The van der Waals surface area contributed by atoms with Gasteiger partial charge in [-0.15, -0.1) is 0 Å². The molecule has 1 atom stereocenters. The molecule has 0 spiro atoms. The van der Waals surface area contributed by atoms with E-state index in [0.717, 1.165) is 24.6 Å². The van der Waals surface area contributed by atoms with Gasteiger partial charge in [-0.05, 0) is 24.0 Å². The number of diazo groups is 1. The highest BCUT2D eigenvalue weighted by molar-refractivity contribution is 5.33. The number of nitrogens with zero attached hydrogens (tertiary/aromatic N) is 2. The number of benzene rings is 1. The van der Waals surface area contributed by atoms with Gasteiger partial charge < -0.3 is 9.84 Å². The van der Waals surface area contributed by atoms with Gasteiger partial charge in [-0.1, -0.05) is 24.3 Å². The van der Waals surface area contributed by atoms with E-state index in [2.05, 4.69) is 11.0 Å². The summed E-state index contributed by atoms with van der Waals surface area (Å²) >= 11 is 0. The Labute approximate surface area is 87.4 Å². The lowest BCUT2D eigenvalue weighted by molar-refractivity contribution is 0.0324. The van der Waals surface area contributed by atoms with Gasteiger partial charge in [0.2, 0.25) is 5.39 Å². The molecule has 0 aromatic heterocycles. The van der Waals surface area contributed by atoms with Gasteiger partial charge in [0, 0.05) is 0 Å². The standard InChI is InChI=1S/C11H10N2O2/c12-13-7-11(14)15-10-6-5-8-3-1-2-4-9(8)10/h1-4,7,10H,5-6H2/p+1/b11-7+. The van der Waals surface area contributed by atoms with E-state index >= 15 is 0 Å². The fraction of sp³-hybridized carbons (Fsp3) is 0.273. The molecule has 0 heterocycles. The number of fused-ring (bicyclic) bond motifs is 1. The number of ether oxygens (including phenoxy) is 1. The first kappa shape index (κ1) is 9.53. The van der Waals surface area contributed by atoms with Crippen LogP contribution in [0.2, 0.25) is 0 Å². The summed E-state index contributed by atoms with van der Waals surface area (Å²) in [6, 6.07) is 7.96. The van der Waals surface area contributed by atoms with E-state index in [0.29, 0.717) is 0 Å². The molecule has 0 saturated carbocycles. The molecule has 1 N–H and O–H groups in total. The van der Waals surface area contributed by atoms with Crippen LogP contribution in [0, 0.1) is 5.39 Å². The van der Waals surface area contributed by atoms with Gasteiger partial charge in [-0.25, -0.2) is 0 Å². The predicted molar refractivity (Wildman–Crippen MR) is 54.4 cm³/mol. The Bertz CT molecular complexity index is 434. The fourth-order valence-electron chi connectivity index (χ4n) is 1.87. The van der Waals surface area contributed by atoms with E-state index in [1.165, 1.54) is 5.56 Å². The van der Waals surface area contributed by atoms with Crippen LogP contribution in [-0.2, 0) is 11.2 Å². The maximum atomic E-state index is 9.22. The van der Waals surface area contributed by atoms with Crippen LogP contribution < -0.4 is 0 Å². The van der Waals surface area contributed by atoms with E-state index < -0.39 is 0 Å². The zero-order valence-corrected chi connectivity index (χ0v) is 8.13. The second-order valence-electron chi connectivity index (χ2n) is 3.43. The maximum Gasteiger partial charge on any atom is 0.429 e. The van der Waals surface area contributed by atoms with Crippen LogP contribution in [-0.4, -0.2) is 5.11 Å². The Hall–Kier alpha value is -2.02. The molecule has 1 unspecified atom stereocenters. The molecule has 0 fully saturated rings. The van der Waals surface area contributed by atoms with Crippen LogP contribution >= 0.6 is 0 Å². The molecule has 0 radical (unpaired) electrons. The van der Waals surface area contributed by atoms with Gasteiger partial charge in [0.05, 0.1) is 0 Å². The summed E-state index contributed by atoms with van der Waals surface area (Å²) in [5, 5.41) is 17.4. The topological polar surface area (TPSA) is 57.6 Å². The van der Waals surface area contributed by atoms with E-state index in [1.807, 2.05) is 18.2 Å². The van der Waals surface area contributed by atoms with E-state index in [1.54, 1.807) is 0 Å². The highest BCUT2D eigenvalue weighted by Crippen LogP contribution is 2.34. The van der Waals surface area contributed by atoms with Crippen molar-refractivity contribution in [2.45, 2.75) is 18.9 Å². The summed E-state index contributed by atoms with van der Waals surface area (Å²) in [4.78, 5) is 2.70. The molecule has 1 aromatic rings. The normalized spacial score (nSPS) is 19.4. The van der Waals surface area contributed by atoms with Gasteiger partial charge in [0.1, 0.15) is 6.10 Å². The number of hydrogen-bond acceptors (Lipinski definition) is 3. The average molecular weight is 203 g/mol. The van der Waals surface area contributed by atoms with Gasteiger partial charge in [0.15, 0.2) is 4.98 Å². The van der Waals surface area contributed by atoms with Crippen LogP contribution in [0.1, 0.15) is 23.7 Å². The summed E-state index contributed by atoms with van der Waals surface area (Å²) in [6.07, 6.45) is 2.52. The quantitative estimate of drug-likeness (QED) is 0.593. The van der Waals surface area contributed by atoms with Gasteiger partial charge in [-0.3, -0.25) is 0 Å². The Morgan fingerprint density at radius 1 is 1.53 bits per heavy atom. The number of rotatable bonds is 2. The molecule has 76 valence electrons. The Morgan fingerprint density at radius 2 is 2.33 bits per heavy atom. The first-order valence-electron chi connectivity index (χ1n) is 4.79. The predicted octanol–water partition coefficient (Wildman–Crippen LogP) is 2.90. The summed E-state index contributed by atoms with van der Waals surface area (Å²) in [5.74, 6) is -0.362. The monoisotopic (exact) mass is 203 g/mol. The van der Waals surface area contributed by atoms with Crippen LogP contribution in [0.5, 0.6) is 0 Å². The third-order valence-electron chi connectivity index (χ3n) is 2.51. The molecule has 0 bridgehead atoms. The molecular weight excluding hydrogens is 192 g/mol. The Kier molecular flexibility index (Phi) is 2.55. The first-order chi connectivity index (χ1) is 7.31. The lowest BCUT2D eigenvalue weighted by atomic mass is 10.1. The highest BCUT2D eigenvalue weighted by Gasteiger charge is 2.24. The van der Waals surface area contributed by atoms with Crippen LogP contribution in [0.3, 0.4) is 0 Å². The first-order valence-corrected chi connectivity index (χ1v) is 4.79. The number of aliphatic hydroxyl groups excluding tert-OH is 1. The maximum absolute atomic E-state index is 9.22.